The Kier molecular flexibility index (Phi) is 4.15. The van der Waals surface area contributed by atoms with E-state index in [-0.39, 0.29) is 6.04 Å². The summed E-state index contributed by atoms with van der Waals surface area (Å²) >= 11 is 9.46. The van der Waals surface area contributed by atoms with Crippen molar-refractivity contribution in [2.24, 2.45) is 0 Å². The zero-order valence-corrected chi connectivity index (χ0v) is 12.9. The molecule has 0 aliphatic heterocycles. The third-order valence-electron chi connectivity index (χ3n) is 3.03. The molecule has 1 N–H and O–H groups in total. The van der Waals surface area contributed by atoms with E-state index in [1.807, 2.05) is 32.2 Å². The molecular weight excluding hydrogens is 314 g/mol. The zero-order valence-electron chi connectivity index (χ0n) is 10.6. The number of aryl methyl sites for hydroxylation is 2. The maximum absolute atomic E-state index is 6.13. The monoisotopic (exact) mass is 327 g/mol. The fourth-order valence-corrected chi connectivity index (χ4v) is 2.59. The molecule has 96 valence electrons. The molecule has 2 rings (SSSR count). The minimum Gasteiger partial charge on any atom is -0.452 e. The normalized spacial score (nSPS) is 12.7. The summed E-state index contributed by atoms with van der Waals surface area (Å²) in [6.07, 6.45) is 0. The van der Waals surface area contributed by atoms with Crippen molar-refractivity contribution in [1.29, 1.82) is 0 Å². The molecule has 2 nitrogen and oxygen atoms in total. The van der Waals surface area contributed by atoms with Gasteiger partial charge in [-0.25, -0.2) is 0 Å². The van der Waals surface area contributed by atoms with Crippen molar-refractivity contribution in [3.8, 4) is 0 Å². The zero-order chi connectivity index (χ0) is 13.3. The number of halogens is 2. The van der Waals surface area contributed by atoms with Gasteiger partial charge in [0, 0.05) is 5.02 Å². The van der Waals surface area contributed by atoms with Gasteiger partial charge < -0.3 is 9.73 Å². The first kappa shape index (κ1) is 13.7. The lowest BCUT2D eigenvalue weighted by molar-refractivity contribution is 0.446. The van der Waals surface area contributed by atoms with Gasteiger partial charge in [0.2, 0.25) is 0 Å². The van der Waals surface area contributed by atoms with Crippen LogP contribution < -0.4 is 5.32 Å². The molecule has 0 aliphatic carbocycles. The third-order valence-corrected chi connectivity index (χ3v) is 3.86. The summed E-state index contributed by atoms with van der Waals surface area (Å²) in [6.45, 7) is 4.07. The van der Waals surface area contributed by atoms with Crippen LogP contribution in [-0.4, -0.2) is 7.05 Å². The Bertz CT molecular complexity index is 565. The average molecular weight is 329 g/mol. The van der Waals surface area contributed by atoms with Crippen molar-refractivity contribution in [3.05, 3.63) is 56.4 Å². The molecule has 1 aromatic carbocycles. The van der Waals surface area contributed by atoms with Crippen LogP contribution in [0.1, 0.15) is 28.5 Å². The van der Waals surface area contributed by atoms with E-state index in [0.29, 0.717) is 0 Å². The fourth-order valence-electron chi connectivity index (χ4n) is 2.05. The summed E-state index contributed by atoms with van der Waals surface area (Å²) in [5.74, 6) is 0.884. The Labute approximate surface area is 120 Å². The molecule has 0 saturated heterocycles. The maximum atomic E-state index is 6.13. The molecule has 0 fully saturated rings. The predicted octanol–water partition coefficient (Wildman–Crippen LogP) is 4.62. The predicted molar refractivity (Wildman–Crippen MR) is 78.2 cm³/mol. The maximum Gasteiger partial charge on any atom is 0.169 e. The van der Waals surface area contributed by atoms with Crippen LogP contribution in [0.25, 0.3) is 0 Å². The number of rotatable bonds is 3. The van der Waals surface area contributed by atoms with Gasteiger partial charge in [-0.05, 0) is 71.7 Å². The van der Waals surface area contributed by atoms with Gasteiger partial charge in [0.15, 0.2) is 4.67 Å². The van der Waals surface area contributed by atoms with Gasteiger partial charge >= 0.3 is 0 Å². The molecule has 4 heteroatoms. The van der Waals surface area contributed by atoms with Crippen molar-refractivity contribution in [2.45, 2.75) is 19.9 Å². The van der Waals surface area contributed by atoms with Crippen LogP contribution in [0, 0.1) is 13.8 Å². The second-order valence-corrected chi connectivity index (χ2v) is 5.51. The van der Waals surface area contributed by atoms with Crippen LogP contribution in [0.15, 0.2) is 33.4 Å². The summed E-state index contributed by atoms with van der Waals surface area (Å²) in [4.78, 5) is 0. The molecule has 18 heavy (non-hydrogen) atoms. The Morgan fingerprint density at radius 3 is 2.50 bits per heavy atom. The van der Waals surface area contributed by atoms with Crippen LogP contribution in [0.3, 0.4) is 0 Å². The summed E-state index contributed by atoms with van der Waals surface area (Å²) in [6, 6.07) is 8.00. The number of nitrogens with one attached hydrogen (secondary N) is 1. The van der Waals surface area contributed by atoms with Crippen LogP contribution >= 0.6 is 27.5 Å². The van der Waals surface area contributed by atoms with E-state index in [4.69, 9.17) is 16.0 Å². The molecule has 1 atom stereocenters. The van der Waals surface area contributed by atoms with E-state index in [0.717, 1.165) is 26.6 Å². The molecule has 1 heterocycles. The number of benzene rings is 1. The molecule has 0 amide bonds. The topological polar surface area (TPSA) is 25.2 Å². The lowest BCUT2D eigenvalue weighted by atomic mass is 9.97. The Hall–Kier alpha value is -0.770. The first-order chi connectivity index (χ1) is 8.52. The molecule has 0 radical (unpaired) electrons. The van der Waals surface area contributed by atoms with Gasteiger partial charge in [0.25, 0.3) is 0 Å². The highest BCUT2D eigenvalue weighted by atomic mass is 79.9. The first-order valence-electron chi connectivity index (χ1n) is 5.72. The second kappa shape index (κ2) is 5.47. The summed E-state index contributed by atoms with van der Waals surface area (Å²) in [5, 5.41) is 4.08. The van der Waals surface area contributed by atoms with Crippen molar-refractivity contribution in [2.75, 3.05) is 7.05 Å². The quantitative estimate of drug-likeness (QED) is 0.889. The van der Waals surface area contributed by atoms with Crippen molar-refractivity contribution < 1.29 is 4.42 Å². The number of hydrogen-bond donors (Lipinski definition) is 1. The van der Waals surface area contributed by atoms with Gasteiger partial charge in [-0.3, -0.25) is 0 Å². The Morgan fingerprint density at radius 1 is 1.22 bits per heavy atom. The SMILES string of the molecule is CNC(c1ccc(Br)o1)c1cc(C)c(Cl)cc1C. The lowest BCUT2D eigenvalue weighted by Gasteiger charge is -2.18. The van der Waals surface area contributed by atoms with Gasteiger partial charge in [0.05, 0.1) is 6.04 Å². The van der Waals surface area contributed by atoms with Crippen molar-refractivity contribution in [3.63, 3.8) is 0 Å². The third kappa shape index (κ3) is 2.63. The largest absolute Gasteiger partial charge is 0.452 e. The van der Waals surface area contributed by atoms with Gasteiger partial charge in [-0.15, -0.1) is 0 Å². The van der Waals surface area contributed by atoms with E-state index in [1.165, 1.54) is 5.56 Å². The minimum absolute atomic E-state index is 0.0345. The molecule has 1 aromatic heterocycles. The van der Waals surface area contributed by atoms with E-state index in [9.17, 15) is 0 Å². The highest BCUT2D eigenvalue weighted by Crippen LogP contribution is 2.30. The minimum atomic E-state index is 0.0345. The molecule has 0 aliphatic rings. The number of furan rings is 1. The van der Waals surface area contributed by atoms with Crippen molar-refractivity contribution >= 4 is 27.5 Å². The highest BCUT2D eigenvalue weighted by molar-refractivity contribution is 9.10. The van der Waals surface area contributed by atoms with Crippen LogP contribution in [0.5, 0.6) is 0 Å². The van der Waals surface area contributed by atoms with E-state index in [2.05, 4.69) is 34.2 Å². The van der Waals surface area contributed by atoms with Crippen LogP contribution in [0.2, 0.25) is 5.02 Å². The molecule has 0 saturated carbocycles. The van der Waals surface area contributed by atoms with Crippen molar-refractivity contribution in [1.82, 2.24) is 5.32 Å². The first-order valence-corrected chi connectivity index (χ1v) is 6.89. The van der Waals surface area contributed by atoms with E-state index in [1.54, 1.807) is 0 Å². The Balaban J connectivity index is 2.48. The average Bonchev–Trinajstić information content (AvgIpc) is 2.73. The van der Waals surface area contributed by atoms with Crippen LogP contribution in [-0.2, 0) is 0 Å². The molecular formula is C14H15BrClNO. The highest BCUT2D eigenvalue weighted by Gasteiger charge is 2.18. The van der Waals surface area contributed by atoms with E-state index >= 15 is 0 Å². The molecule has 2 aromatic rings. The molecule has 1 unspecified atom stereocenters. The molecule has 0 bridgehead atoms. The summed E-state index contributed by atoms with van der Waals surface area (Å²) in [7, 11) is 1.92. The van der Waals surface area contributed by atoms with E-state index < -0.39 is 0 Å². The standard InChI is InChI=1S/C14H15BrClNO/c1-8-7-11(16)9(2)6-10(8)14(17-3)12-4-5-13(15)18-12/h4-7,14,17H,1-3H3. The second-order valence-electron chi connectivity index (χ2n) is 4.32. The smallest absolute Gasteiger partial charge is 0.169 e. The number of hydrogen-bond acceptors (Lipinski definition) is 2. The summed E-state index contributed by atoms with van der Waals surface area (Å²) in [5.41, 5.74) is 3.40. The Morgan fingerprint density at radius 2 is 1.94 bits per heavy atom. The lowest BCUT2D eigenvalue weighted by Crippen LogP contribution is -2.18. The van der Waals surface area contributed by atoms with Gasteiger partial charge in [-0.1, -0.05) is 17.7 Å². The summed E-state index contributed by atoms with van der Waals surface area (Å²) < 4.78 is 6.37. The van der Waals surface area contributed by atoms with Crippen LogP contribution in [0.4, 0.5) is 0 Å². The fraction of sp³-hybridized carbons (Fsp3) is 0.286. The van der Waals surface area contributed by atoms with Gasteiger partial charge in [-0.2, -0.15) is 0 Å². The van der Waals surface area contributed by atoms with Gasteiger partial charge in [0.1, 0.15) is 5.76 Å². The molecule has 0 spiro atoms.